The van der Waals surface area contributed by atoms with Crippen molar-refractivity contribution in [2.75, 3.05) is 5.75 Å². The topological polar surface area (TPSA) is 230 Å². The van der Waals surface area contributed by atoms with Crippen molar-refractivity contribution in [3.8, 4) is 5.75 Å². The molecule has 33 heavy (non-hydrogen) atoms. The van der Waals surface area contributed by atoms with Gasteiger partial charge in [0.15, 0.2) is 12.3 Å². The average Bonchev–Trinajstić information content (AvgIpc) is 3.05. The molecule has 0 bridgehead atoms. The molecule has 2 aromatic rings. The van der Waals surface area contributed by atoms with Crippen molar-refractivity contribution >= 4 is 23.6 Å². The van der Waals surface area contributed by atoms with Gasteiger partial charge in [0, 0.05) is 18.0 Å². The van der Waals surface area contributed by atoms with Crippen molar-refractivity contribution < 1.29 is 34.8 Å². The third kappa shape index (κ3) is 5.58. The van der Waals surface area contributed by atoms with E-state index in [-0.39, 0.29) is 11.5 Å². The summed E-state index contributed by atoms with van der Waals surface area (Å²) in [6, 6.07) is 0.901. The number of nitrogens with one attached hydrogen (secondary N) is 2. The van der Waals surface area contributed by atoms with Gasteiger partial charge in [-0.2, -0.15) is 0 Å². The zero-order valence-electron chi connectivity index (χ0n) is 16.8. The van der Waals surface area contributed by atoms with Crippen molar-refractivity contribution in [2.24, 2.45) is 5.73 Å². The molecular weight excluding hydrogens is 462 g/mol. The zero-order valence-corrected chi connectivity index (χ0v) is 17.6. The van der Waals surface area contributed by atoms with E-state index in [1.165, 1.54) is 18.3 Å². The summed E-state index contributed by atoms with van der Waals surface area (Å²) in [6.45, 7) is 0. The third-order valence-electron chi connectivity index (χ3n) is 4.76. The number of H-pyrrole nitrogens is 1. The molecule has 1 aliphatic rings. The largest absolute Gasteiger partial charge is 0.506 e. The van der Waals surface area contributed by atoms with E-state index in [0.29, 0.717) is 5.03 Å². The lowest BCUT2D eigenvalue weighted by Gasteiger charge is -2.24. The number of ether oxygens (including phenoxy) is 1. The maximum absolute atomic E-state index is 12.5. The van der Waals surface area contributed by atoms with Gasteiger partial charge < -0.3 is 36.2 Å². The van der Waals surface area contributed by atoms with E-state index in [9.17, 15) is 39.6 Å². The molecule has 0 saturated carbocycles. The van der Waals surface area contributed by atoms with Gasteiger partial charge >= 0.3 is 11.7 Å². The van der Waals surface area contributed by atoms with Gasteiger partial charge in [0.1, 0.15) is 24.1 Å². The number of hydrogen-bond donors (Lipinski definition) is 7. The Bertz CT molecular complexity index is 1120. The number of rotatable bonds is 8. The van der Waals surface area contributed by atoms with E-state index >= 15 is 0 Å². The van der Waals surface area contributed by atoms with E-state index in [1.807, 2.05) is 4.98 Å². The SMILES string of the molecule is N[C@@H](CSc1ccc(O)cn1)C(=O)N[C@H](C(=O)O)[C@H]1O[C@@H](n2ccc(=O)[nH]c2=O)[C@H](O)[C@@H]1O. The quantitative estimate of drug-likeness (QED) is 0.186. The number of aromatic amines is 1. The number of carboxylic acids is 1. The average molecular weight is 483 g/mol. The van der Waals surface area contributed by atoms with Crippen LogP contribution in [0.4, 0.5) is 0 Å². The highest BCUT2D eigenvalue weighted by Gasteiger charge is 2.50. The van der Waals surface area contributed by atoms with Crippen molar-refractivity contribution in [1.29, 1.82) is 0 Å². The highest BCUT2D eigenvalue weighted by molar-refractivity contribution is 7.99. The van der Waals surface area contributed by atoms with Gasteiger partial charge in [-0.25, -0.2) is 14.6 Å². The van der Waals surface area contributed by atoms with Gasteiger partial charge in [-0.15, -0.1) is 11.8 Å². The number of aromatic nitrogens is 3. The molecule has 1 saturated heterocycles. The Balaban J connectivity index is 1.69. The predicted molar refractivity (Wildman–Crippen MR) is 111 cm³/mol. The standard InChI is InChI=1S/C18H21N5O9S/c19-8(6-33-10-2-1-7(24)5-20-10)15(28)22-11(17(29)30)14-12(26)13(27)16(32-14)23-4-3-9(25)21-18(23)31/h1-5,8,11-14,16,24,26-27H,6,19H2,(H,22,28)(H,29,30)(H,21,25,31)/t8-,11-,12-,13+,14+,16+/m0/s1. The summed E-state index contributed by atoms with van der Waals surface area (Å²) in [4.78, 5) is 53.3. The molecule has 8 N–H and O–H groups in total. The Kier molecular flexibility index (Phi) is 7.50. The molecular formula is C18H21N5O9S. The fourth-order valence-corrected chi connectivity index (χ4v) is 3.87. The van der Waals surface area contributed by atoms with Gasteiger partial charge in [0.05, 0.1) is 17.3 Å². The molecule has 2 aromatic heterocycles. The van der Waals surface area contributed by atoms with Crippen molar-refractivity contribution in [3.63, 3.8) is 0 Å². The second-order valence-corrected chi connectivity index (χ2v) is 8.13. The van der Waals surface area contributed by atoms with Crippen LogP contribution in [0.3, 0.4) is 0 Å². The second-order valence-electron chi connectivity index (χ2n) is 7.09. The maximum atomic E-state index is 12.5. The Labute approximate surface area is 189 Å². The van der Waals surface area contributed by atoms with Gasteiger partial charge in [-0.05, 0) is 12.1 Å². The minimum Gasteiger partial charge on any atom is -0.506 e. The molecule has 0 aromatic carbocycles. The Hall–Kier alpha value is -3.24. The highest BCUT2D eigenvalue weighted by atomic mass is 32.2. The van der Waals surface area contributed by atoms with Crippen LogP contribution < -0.4 is 22.3 Å². The highest BCUT2D eigenvalue weighted by Crippen LogP contribution is 2.30. The zero-order chi connectivity index (χ0) is 24.3. The summed E-state index contributed by atoms with van der Waals surface area (Å²) in [5.74, 6) is -2.47. The number of amides is 1. The lowest BCUT2D eigenvalue weighted by molar-refractivity contribution is -0.149. The van der Waals surface area contributed by atoms with Gasteiger partial charge in [0.2, 0.25) is 5.91 Å². The molecule has 0 unspecified atom stereocenters. The lowest BCUT2D eigenvalue weighted by atomic mass is 10.0. The summed E-state index contributed by atoms with van der Waals surface area (Å²) in [7, 11) is 0. The van der Waals surface area contributed by atoms with Crippen LogP contribution in [0.15, 0.2) is 45.2 Å². The molecule has 6 atom stereocenters. The van der Waals surface area contributed by atoms with Gasteiger partial charge in [0.25, 0.3) is 5.56 Å². The molecule has 15 heteroatoms. The first-order valence-corrected chi connectivity index (χ1v) is 10.5. The van der Waals surface area contributed by atoms with Crippen LogP contribution in [0.1, 0.15) is 6.23 Å². The van der Waals surface area contributed by atoms with E-state index in [2.05, 4.69) is 10.3 Å². The summed E-state index contributed by atoms with van der Waals surface area (Å²) < 4.78 is 6.18. The van der Waals surface area contributed by atoms with Crippen LogP contribution in [-0.2, 0) is 14.3 Å². The van der Waals surface area contributed by atoms with Crippen molar-refractivity contribution in [3.05, 3.63) is 51.4 Å². The number of carbonyl (C=O) groups excluding carboxylic acids is 1. The first-order chi connectivity index (χ1) is 15.6. The first-order valence-electron chi connectivity index (χ1n) is 9.48. The maximum Gasteiger partial charge on any atom is 0.330 e. The molecule has 0 aliphatic carbocycles. The number of nitrogens with two attached hydrogens (primary N) is 1. The van der Waals surface area contributed by atoms with E-state index < -0.39 is 59.7 Å². The fourth-order valence-electron chi connectivity index (χ4n) is 3.07. The normalized spacial score (nSPS) is 24.2. The van der Waals surface area contributed by atoms with E-state index in [4.69, 9.17) is 10.5 Å². The first kappa shape index (κ1) is 24.4. The molecule has 3 rings (SSSR count). The fraction of sp³-hybridized carbons (Fsp3) is 0.389. The number of carbonyl (C=O) groups is 2. The van der Waals surface area contributed by atoms with Gasteiger partial charge in [-0.1, -0.05) is 0 Å². The van der Waals surface area contributed by atoms with Crippen LogP contribution in [0.5, 0.6) is 5.75 Å². The van der Waals surface area contributed by atoms with Crippen LogP contribution in [0, 0.1) is 0 Å². The minimum atomic E-state index is -1.81. The number of aliphatic carboxylic acids is 1. The number of carboxylic acid groups (broad SMARTS) is 1. The number of hydrogen-bond acceptors (Lipinski definition) is 11. The van der Waals surface area contributed by atoms with Gasteiger partial charge in [-0.3, -0.25) is 19.1 Å². The lowest BCUT2D eigenvalue weighted by Crippen LogP contribution is -2.56. The number of aliphatic hydroxyl groups is 2. The predicted octanol–water partition coefficient (Wildman–Crippen LogP) is -3.05. The van der Waals surface area contributed by atoms with Crippen LogP contribution in [0.2, 0.25) is 0 Å². The number of thioether (sulfide) groups is 1. The monoisotopic (exact) mass is 483 g/mol. The Morgan fingerprint density at radius 1 is 1.27 bits per heavy atom. The Morgan fingerprint density at radius 2 is 2.00 bits per heavy atom. The third-order valence-corrected chi connectivity index (χ3v) is 5.82. The second kappa shape index (κ2) is 10.1. The summed E-state index contributed by atoms with van der Waals surface area (Å²) >= 11 is 1.09. The number of pyridine rings is 1. The molecule has 0 radical (unpaired) electrons. The van der Waals surface area contributed by atoms with E-state index in [0.717, 1.165) is 28.6 Å². The number of nitrogens with zero attached hydrogens (tertiary/aromatic N) is 2. The summed E-state index contributed by atoms with van der Waals surface area (Å²) in [5, 5.41) is 42.1. The van der Waals surface area contributed by atoms with Crippen molar-refractivity contribution in [1.82, 2.24) is 19.9 Å². The van der Waals surface area contributed by atoms with Crippen LogP contribution in [0.25, 0.3) is 0 Å². The Morgan fingerprint density at radius 3 is 2.61 bits per heavy atom. The number of aromatic hydroxyl groups is 1. The van der Waals surface area contributed by atoms with Crippen LogP contribution >= 0.6 is 11.8 Å². The molecule has 1 fully saturated rings. The molecule has 0 spiro atoms. The molecule has 3 heterocycles. The van der Waals surface area contributed by atoms with Crippen LogP contribution in [-0.4, -0.2) is 83.0 Å². The molecule has 14 nitrogen and oxygen atoms in total. The smallest absolute Gasteiger partial charge is 0.330 e. The molecule has 178 valence electrons. The summed E-state index contributed by atoms with van der Waals surface area (Å²) in [6.07, 6.45) is -4.45. The van der Waals surface area contributed by atoms with Crippen molar-refractivity contribution in [2.45, 2.75) is 41.6 Å². The number of aliphatic hydroxyl groups excluding tert-OH is 2. The summed E-state index contributed by atoms with van der Waals surface area (Å²) in [5.41, 5.74) is 4.17. The van der Waals surface area contributed by atoms with E-state index in [1.54, 1.807) is 0 Å². The molecule has 1 aliphatic heterocycles. The molecule has 1 amide bonds. The minimum absolute atomic E-state index is 0.0159.